The van der Waals surface area contributed by atoms with Crippen LogP contribution in [0.4, 0.5) is 0 Å². The van der Waals surface area contributed by atoms with Crippen LogP contribution in [0.2, 0.25) is 0 Å². The van der Waals surface area contributed by atoms with E-state index in [1.54, 1.807) is 0 Å². The lowest BCUT2D eigenvalue weighted by atomic mass is 9.97. The Hall–Kier alpha value is -1.24. The van der Waals surface area contributed by atoms with Gasteiger partial charge in [-0.15, -0.1) is 0 Å². The third kappa shape index (κ3) is 2.63. The first-order valence-corrected chi connectivity index (χ1v) is 5.07. The second-order valence-electron chi connectivity index (χ2n) is 3.64. The Labute approximate surface area is 86.4 Å². The lowest BCUT2D eigenvalue weighted by Crippen LogP contribution is -1.94. The van der Waals surface area contributed by atoms with Crippen LogP contribution in [-0.2, 0) is 0 Å². The van der Waals surface area contributed by atoms with Gasteiger partial charge in [0.1, 0.15) is 5.75 Å². The first-order valence-electron chi connectivity index (χ1n) is 5.07. The highest BCUT2D eigenvalue weighted by Crippen LogP contribution is 2.22. The van der Waals surface area contributed by atoms with Crippen molar-refractivity contribution in [2.24, 2.45) is 5.92 Å². The van der Waals surface area contributed by atoms with Gasteiger partial charge >= 0.3 is 0 Å². The zero-order chi connectivity index (χ0) is 10.6. The Kier molecular flexibility index (Phi) is 3.75. The second kappa shape index (κ2) is 4.85. The second-order valence-corrected chi connectivity index (χ2v) is 3.64. The Morgan fingerprint density at radius 2 is 1.86 bits per heavy atom. The van der Waals surface area contributed by atoms with Crippen molar-refractivity contribution in [2.45, 2.75) is 20.8 Å². The van der Waals surface area contributed by atoms with Gasteiger partial charge in [0.15, 0.2) is 0 Å². The number of allylic oxidation sites excluding steroid dienone is 1. The van der Waals surface area contributed by atoms with Crippen molar-refractivity contribution in [3.8, 4) is 5.75 Å². The third-order valence-electron chi connectivity index (χ3n) is 2.23. The molecule has 0 fully saturated rings. The first kappa shape index (κ1) is 10.8. The summed E-state index contributed by atoms with van der Waals surface area (Å²) < 4.78 is 5.37. The van der Waals surface area contributed by atoms with E-state index in [1.165, 1.54) is 11.1 Å². The van der Waals surface area contributed by atoms with Crippen LogP contribution in [0.15, 0.2) is 30.8 Å². The van der Waals surface area contributed by atoms with Crippen LogP contribution >= 0.6 is 0 Å². The maximum absolute atomic E-state index is 5.37. The summed E-state index contributed by atoms with van der Waals surface area (Å²) in [7, 11) is 0. The summed E-state index contributed by atoms with van der Waals surface area (Å²) in [5, 5.41) is 0. The fourth-order valence-electron chi connectivity index (χ4n) is 1.27. The van der Waals surface area contributed by atoms with Crippen molar-refractivity contribution >= 4 is 5.57 Å². The van der Waals surface area contributed by atoms with Gasteiger partial charge in [0.2, 0.25) is 0 Å². The minimum Gasteiger partial charge on any atom is -0.494 e. The van der Waals surface area contributed by atoms with Gasteiger partial charge in [-0.1, -0.05) is 32.6 Å². The van der Waals surface area contributed by atoms with Crippen molar-refractivity contribution in [2.75, 3.05) is 6.61 Å². The molecule has 1 aromatic carbocycles. The molecule has 0 amide bonds. The molecule has 1 heteroatoms. The van der Waals surface area contributed by atoms with Crippen LogP contribution in [0.25, 0.3) is 5.57 Å². The Balaban J connectivity index is 2.78. The molecule has 0 heterocycles. The normalized spacial score (nSPS) is 10.3. The van der Waals surface area contributed by atoms with E-state index in [4.69, 9.17) is 4.74 Å². The van der Waals surface area contributed by atoms with Gasteiger partial charge in [-0.25, -0.2) is 0 Å². The zero-order valence-electron chi connectivity index (χ0n) is 9.21. The van der Waals surface area contributed by atoms with Crippen LogP contribution < -0.4 is 4.74 Å². The molecule has 0 aliphatic heterocycles. The fourth-order valence-corrected chi connectivity index (χ4v) is 1.27. The summed E-state index contributed by atoms with van der Waals surface area (Å²) in [6, 6.07) is 8.11. The van der Waals surface area contributed by atoms with Crippen LogP contribution in [0, 0.1) is 5.92 Å². The van der Waals surface area contributed by atoms with E-state index in [0.29, 0.717) is 12.5 Å². The molecule has 0 bridgehead atoms. The van der Waals surface area contributed by atoms with E-state index in [1.807, 2.05) is 19.1 Å². The minimum absolute atomic E-state index is 0.493. The van der Waals surface area contributed by atoms with Crippen LogP contribution in [0.1, 0.15) is 26.3 Å². The average molecular weight is 190 g/mol. The summed E-state index contributed by atoms with van der Waals surface area (Å²) in [4.78, 5) is 0. The van der Waals surface area contributed by atoms with Crippen LogP contribution in [-0.4, -0.2) is 6.61 Å². The maximum atomic E-state index is 5.37. The number of ether oxygens (including phenoxy) is 1. The molecule has 76 valence electrons. The number of rotatable bonds is 4. The SMILES string of the molecule is C=C(c1ccc(OCC)cc1)C(C)C. The molecule has 0 saturated carbocycles. The van der Waals surface area contributed by atoms with E-state index in [-0.39, 0.29) is 0 Å². The van der Waals surface area contributed by atoms with Crippen molar-refractivity contribution in [1.82, 2.24) is 0 Å². The molecule has 0 radical (unpaired) electrons. The van der Waals surface area contributed by atoms with E-state index in [0.717, 1.165) is 5.75 Å². The summed E-state index contributed by atoms with van der Waals surface area (Å²) in [6.07, 6.45) is 0. The monoisotopic (exact) mass is 190 g/mol. The van der Waals surface area contributed by atoms with Gasteiger partial charge in [-0.2, -0.15) is 0 Å². The standard InChI is InChI=1S/C13H18O/c1-5-14-13-8-6-12(7-9-13)11(4)10(2)3/h6-10H,4-5H2,1-3H3. The minimum atomic E-state index is 0.493. The highest BCUT2D eigenvalue weighted by Gasteiger charge is 2.03. The first-order chi connectivity index (χ1) is 6.65. The van der Waals surface area contributed by atoms with E-state index in [9.17, 15) is 0 Å². The summed E-state index contributed by atoms with van der Waals surface area (Å²) >= 11 is 0. The molecule has 14 heavy (non-hydrogen) atoms. The van der Waals surface area contributed by atoms with Crippen LogP contribution in [0.5, 0.6) is 5.75 Å². The highest BCUT2D eigenvalue weighted by atomic mass is 16.5. The highest BCUT2D eigenvalue weighted by molar-refractivity contribution is 5.65. The zero-order valence-corrected chi connectivity index (χ0v) is 9.21. The fraction of sp³-hybridized carbons (Fsp3) is 0.385. The van der Waals surface area contributed by atoms with Gasteiger partial charge in [0.25, 0.3) is 0 Å². The van der Waals surface area contributed by atoms with Crippen molar-refractivity contribution < 1.29 is 4.74 Å². The predicted molar refractivity (Wildman–Crippen MR) is 61.5 cm³/mol. The Bertz CT molecular complexity index is 296. The Morgan fingerprint density at radius 1 is 1.29 bits per heavy atom. The summed E-state index contributed by atoms with van der Waals surface area (Å²) in [5.41, 5.74) is 2.37. The van der Waals surface area contributed by atoms with Gasteiger partial charge in [0, 0.05) is 0 Å². The average Bonchev–Trinajstić information content (AvgIpc) is 2.18. The number of hydrogen-bond donors (Lipinski definition) is 0. The molecule has 0 spiro atoms. The molecule has 0 N–H and O–H groups in total. The van der Waals surface area contributed by atoms with Gasteiger partial charge < -0.3 is 4.74 Å². The van der Waals surface area contributed by atoms with Crippen molar-refractivity contribution in [3.63, 3.8) is 0 Å². The van der Waals surface area contributed by atoms with Gasteiger partial charge in [-0.05, 0) is 36.1 Å². The molecule has 1 nitrogen and oxygen atoms in total. The van der Waals surface area contributed by atoms with Crippen LogP contribution in [0.3, 0.4) is 0 Å². The molecule has 0 atom stereocenters. The molecule has 0 unspecified atom stereocenters. The summed E-state index contributed by atoms with van der Waals surface area (Å²) in [6.45, 7) is 11.1. The molecule has 0 aromatic heterocycles. The topological polar surface area (TPSA) is 9.23 Å². The predicted octanol–water partition coefficient (Wildman–Crippen LogP) is 3.75. The smallest absolute Gasteiger partial charge is 0.119 e. The number of hydrogen-bond acceptors (Lipinski definition) is 1. The lowest BCUT2D eigenvalue weighted by molar-refractivity contribution is 0.340. The molecular formula is C13H18O. The van der Waals surface area contributed by atoms with E-state index < -0.39 is 0 Å². The van der Waals surface area contributed by atoms with Gasteiger partial charge in [-0.3, -0.25) is 0 Å². The molecule has 0 aliphatic rings. The Morgan fingerprint density at radius 3 is 2.29 bits per heavy atom. The summed E-state index contributed by atoms with van der Waals surface area (Å²) in [5.74, 6) is 1.42. The van der Waals surface area contributed by atoms with E-state index in [2.05, 4.69) is 32.6 Å². The molecule has 0 aliphatic carbocycles. The largest absolute Gasteiger partial charge is 0.494 e. The molecule has 1 aromatic rings. The van der Waals surface area contributed by atoms with Crippen molar-refractivity contribution in [3.05, 3.63) is 36.4 Å². The molecule has 1 rings (SSSR count). The maximum Gasteiger partial charge on any atom is 0.119 e. The third-order valence-corrected chi connectivity index (χ3v) is 2.23. The van der Waals surface area contributed by atoms with E-state index >= 15 is 0 Å². The molecular weight excluding hydrogens is 172 g/mol. The number of benzene rings is 1. The van der Waals surface area contributed by atoms with Gasteiger partial charge in [0.05, 0.1) is 6.61 Å². The molecule has 0 saturated heterocycles. The quantitative estimate of drug-likeness (QED) is 0.702. The lowest BCUT2D eigenvalue weighted by Gasteiger charge is -2.10. The van der Waals surface area contributed by atoms with Crippen molar-refractivity contribution in [1.29, 1.82) is 0 Å².